The van der Waals surface area contributed by atoms with Crippen molar-refractivity contribution in [1.29, 1.82) is 0 Å². The number of thiazole rings is 1. The van der Waals surface area contributed by atoms with Crippen molar-refractivity contribution in [1.82, 2.24) is 15.0 Å². The van der Waals surface area contributed by atoms with Gasteiger partial charge in [0.2, 0.25) is 0 Å². The van der Waals surface area contributed by atoms with Crippen molar-refractivity contribution in [3.63, 3.8) is 0 Å². The van der Waals surface area contributed by atoms with Crippen molar-refractivity contribution in [2.24, 2.45) is 0 Å². The van der Waals surface area contributed by atoms with Crippen LogP contribution < -0.4 is 10.6 Å². The van der Waals surface area contributed by atoms with Gasteiger partial charge in [-0.2, -0.15) is 0 Å². The summed E-state index contributed by atoms with van der Waals surface area (Å²) in [6.45, 7) is 7.84. The lowest BCUT2D eigenvalue weighted by Crippen LogP contribution is -2.10. The molecule has 0 fully saturated rings. The number of anilines is 2. The average Bonchev–Trinajstić information content (AvgIpc) is 2.84. The van der Waals surface area contributed by atoms with E-state index in [2.05, 4.69) is 44.8 Å². The van der Waals surface area contributed by atoms with E-state index >= 15 is 0 Å². The molecular formula is C14H21N5S. The first kappa shape index (κ1) is 14.7. The molecule has 0 saturated heterocycles. The number of rotatable bonds is 7. The second-order valence-electron chi connectivity index (χ2n) is 4.50. The zero-order valence-electron chi connectivity index (χ0n) is 12.2. The molecule has 0 atom stereocenters. The Morgan fingerprint density at radius 1 is 1.10 bits per heavy atom. The van der Waals surface area contributed by atoms with Gasteiger partial charge in [-0.15, -0.1) is 11.3 Å². The van der Waals surface area contributed by atoms with Crippen molar-refractivity contribution >= 4 is 23.0 Å². The van der Waals surface area contributed by atoms with E-state index < -0.39 is 0 Å². The SMILES string of the molecule is CCNc1cc(NCCc2nc(C)cs2)nc(CC)n1. The van der Waals surface area contributed by atoms with Crippen LogP contribution in [-0.4, -0.2) is 28.0 Å². The Labute approximate surface area is 123 Å². The third kappa shape index (κ3) is 4.16. The largest absolute Gasteiger partial charge is 0.370 e. The summed E-state index contributed by atoms with van der Waals surface area (Å²) in [7, 11) is 0. The molecule has 0 unspecified atom stereocenters. The maximum absolute atomic E-state index is 4.49. The second kappa shape index (κ2) is 7.19. The van der Waals surface area contributed by atoms with E-state index in [-0.39, 0.29) is 0 Å². The highest BCUT2D eigenvalue weighted by Gasteiger charge is 2.03. The fraction of sp³-hybridized carbons (Fsp3) is 0.500. The van der Waals surface area contributed by atoms with Crippen LogP contribution in [0.2, 0.25) is 0 Å². The van der Waals surface area contributed by atoms with Gasteiger partial charge in [0.15, 0.2) is 0 Å². The molecule has 2 aromatic heterocycles. The molecule has 2 aromatic rings. The van der Waals surface area contributed by atoms with Crippen LogP contribution in [0.5, 0.6) is 0 Å². The molecule has 0 bridgehead atoms. The van der Waals surface area contributed by atoms with Crippen molar-refractivity contribution in [2.45, 2.75) is 33.6 Å². The zero-order chi connectivity index (χ0) is 14.4. The van der Waals surface area contributed by atoms with E-state index in [1.54, 1.807) is 11.3 Å². The zero-order valence-corrected chi connectivity index (χ0v) is 13.0. The molecule has 6 heteroatoms. The number of nitrogens with zero attached hydrogens (tertiary/aromatic N) is 3. The van der Waals surface area contributed by atoms with Crippen LogP contribution in [0.15, 0.2) is 11.4 Å². The van der Waals surface area contributed by atoms with Gasteiger partial charge in [0, 0.05) is 43.1 Å². The first-order valence-electron chi connectivity index (χ1n) is 6.98. The third-order valence-electron chi connectivity index (χ3n) is 2.76. The van der Waals surface area contributed by atoms with Gasteiger partial charge in [-0.05, 0) is 13.8 Å². The van der Waals surface area contributed by atoms with Crippen molar-refractivity contribution in [3.05, 3.63) is 28.0 Å². The molecule has 2 heterocycles. The lowest BCUT2D eigenvalue weighted by molar-refractivity contribution is 0.919. The summed E-state index contributed by atoms with van der Waals surface area (Å²) >= 11 is 1.71. The minimum atomic E-state index is 0.832. The number of aromatic nitrogens is 3. The van der Waals surface area contributed by atoms with Gasteiger partial charge in [-0.25, -0.2) is 15.0 Å². The Morgan fingerprint density at radius 3 is 2.45 bits per heavy atom. The van der Waals surface area contributed by atoms with Gasteiger partial charge in [0.1, 0.15) is 17.5 Å². The van der Waals surface area contributed by atoms with E-state index in [9.17, 15) is 0 Å². The Hall–Kier alpha value is -1.69. The van der Waals surface area contributed by atoms with E-state index in [4.69, 9.17) is 0 Å². The maximum Gasteiger partial charge on any atom is 0.132 e. The molecule has 2 N–H and O–H groups in total. The van der Waals surface area contributed by atoms with Crippen LogP contribution in [0, 0.1) is 6.92 Å². The van der Waals surface area contributed by atoms with Crippen LogP contribution >= 0.6 is 11.3 Å². The maximum atomic E-state index is 4.49. The lowest BCUT2D eigenvalue weighted by Gasteiger charge is -2.09. The van der Waals surface area contributed by atoms with Crippen LogP contribution in [-0.2, 0) is 12.8 Å². The predicted molar refractivity (Wildman–Crippen MR) is 84.6 cm³/mol. The fourth-order valence-corrected chi connectivity index (χ4v) is 2.61. The van der Waals surface area contributed by atoms with Crippen LogP contribution in [0.4, 0.5) is 11.6 Å². The van der Waals surface area contributed by atoms with E-state index in [1.165, 1.54) is 0 Å². The smallest absolute Gasteiger partial charge is 0.132 e. The van der Waals surface area contributed by atoms with E-state index in [1.807, 2.05) is 13.0 Å². The minimum absolute atomic E-state index is 0.832. The molecule has 0 radical (unpaired) electrons. The Kier molecular flexibility index (Phi) is 5.29. The highest BCUT2D eigenvalue weighted by atomic mass is 32.1. The molecular weight excluding hydrogens is 270 g/mol. The van der Waals surface area contributed by atoms with Gasteiger partial charge in [-0.1, -0.05) is 6.92 Å². The van der Waals surface area contributed by atoms with Gasteiger partial charge in [0.25, 0.3) is 0 Å². The third-order valence-corrected chi connectivity index (χ3v) is 3.78. The normalized spacial score (nSPS) is 10.6. The predicted octanol–water partition coefficient (Wildman–Crippen LogP) is 2.89. The summed E-state index contributed by atoms with van der Waals surface area (Å²) in [6.07, 6.45) is 1.75. The van der Waals surface area contributed by atoms with Gasteiger partial charge in [0.05, 0.1) is 5.01 Å². The van der Waals surface area contributed by atoms with Gasteiger partial charge < -0.3 is 10.6 Å². The quantitative estimate of drug-likeness (QED) is 0.821. The minimum Gasteiger partial charge on any atom is -0.370 e. The highest BCUT2D eigenvalue weighted by molar-refractivity contribution is 7.09. The molecule has 2 rings (SSSR count). The molecule has 0 aromatic carbocycles. The molecule has 0 aliphatic carbocycles. The number of hydrogen-bond acceptors (Lipinski definition) is 6. The Bertz CT molecular complexity index is 552. The summed E-state index contributed by atoms with van der Waals surface area (Å²) in [5.41, 5.74) is 1.09. The molecule has 5 nitrogen and oxygen atoms in total. The fourth-order valence-electron chi connectivity index (χ4n) is 1.83. The van der Waals surface area contributed by atoms with Gasteiger partial charge in [-0.3, -0.25) is 0 Å². The monoisotopic (exact) mass is 291 g/mol. The summed E-state index contributed by atoms with van der Waals surface area (Å²) in [6, 6.07) is 1.95. The summed E-state index contributed by atoms with van der Waals surface area (Å²) in [5, 5.41) is 9.82. The number of aryl methyl sites for hydroxylation is 2. The molecule has 0 amide bonds. The second-order valence-corrected chi connectivity index (χ2v) is 5.44. The van der Waals surface area contributed by atoms with Crippen molar-refractivity contribution < 1.29 is 0 Å². The van der Waals surface area contributed by atoms with Crippen LogP contribution in [0.25, 0.3) is 0 Å². The summed E-state index contributed by atoms with van der Waals surface area (Å²) in [5.74, 6) is 2.61. The first-order chi connectivity index (χ1) is 9.71. The number of hydrogen-bond donors (Lipinski definition) is 2. The highest BCUT2D eigenvalue weighted by Crippen LogP contribution is 2.13. The molecule has 0 spiro atoms. The van der Waals surface area contributed by atoms with Crippen LogP contribution in [0.3, 0.4) is 0 Å². The van der Waals surface area contributed by atoms with Crippen molar-refractivity contribution in [2.75, 3.05) is 23.7 Å². The molecule has 0 aliphatic heterocycles. The lowest BCUT2D eigenvalue weighted by atomic mass is 10.4. The first-order valence-corrected chi connectivity index (χ1v) is 7.86. The molecule has 20 heavy (non-hydrogen) atoms. The summed E-state index contributed by atoms with van der Waals surface area (Å²) in [4.78, 5) is 13.4. The summed E-state index contributed by atoms with van der Waals surface area (Å²) < 4.78 is 0. The topological polar surface area (TPSA) is 62.7 Å². The van der Waals surface area contributed by atoms with Crippen LogP contribution in [0.1, 0.15) is 30.4 Å². The molecule has 108 valence electrons. The average molecular weight is 291 g/mol. The number of nitrogens with one attached hydrogen (secondary N) is 2. The standard InChI is InChI=1S/C14H21N5S/c1-4-11-18-12(15-5-2)8-13(19-11)16-7-6-14-17-10(3)9-20-14/h8-9H,4-7H2,1-3H3,(H2,15,16,18,19). The molecule has 0 saturated carbocycles. The van der Waals surface area contributed by atoms with Crippen molar-refractivity contribution in [3.8, 4) is 0 Å². The molecule has 0 aliphatic rings. The van der Waals surface area contributed by atoms with Gasteiger partial charge >= 0.3 is 0 Å². The van der Waals surface area contributed by atoms with E-state index in [0.717, 1.165) is 54.1 Å². The van der Waals surface area contributed by atoms with E-state index in [0.29, 0.717) is 0 Å². The Balaban J connectivity index is 1.95. The Morgan fingerprint density at radius 2 is 1.85 bits per heavy atom.